The Kier molecular flexibility index (Phi) is 4.07. The number of para-hydroxylation sites is 1. The highest BCUT2D eigenvalue weighted by atomic mass is 16.2. The predicted molar refractivity (Wildman–Crippen MR) is 115 cm³/mol. The van der Waals surface area contributed by atoms with Crippen LogP contribution in [0.1, 0.15) is 10.4 Å². The molecule has 1 aliphatic rings. The molecule has 3 heteroatoms. The highest BCUT2D eigenvalue weighted by Crippen LogP contribution is 2.39. The molecule has 0 spiro atoms. The van der Waals surface area contributed by atoms with Gasteiger partial charge >= 0.3 is 5.91 Å². The van der Waals surface area contributed by atoms with Crippen LogP contribution in [0.5, 0.6) is 0 Å². The summed E-state index contributed by atoms with van der Waals surface area (Å²) in [6, 6.07) is 33.3. The molecule has 3 nitrogen and oxygen atoms in total. The maximum atomic E-state index is 12.8. The lowest BCUT2D eigenvalue weighted by atomic mass is 9.97. The summed E-state index contributed by atoms with van der Waals surface area (Å²) in [5.41, 5.74) is 5.86. The van der Waals surface area contributed by atoms with Gasteiger partial charge in [0.2, 0.25) is 0 Å². The summed E-state index contributed by atoms with van der Waals surface area (Å²) in [4.78, 5) is 26.9. The van der Waals surface area contributed by atoms with Gasteiger partial charge in [-0.25, -0.2) is 0 Å². The molecular formula is C26H17NO2. The maximum Gasteiger partial charge on any atom is 0.304 e. The molecule has 0 aromatic heterocycles. The third-order valence-corrected chi connectivity index (χ3v) is 5.18. The Morgan fingerprint density at radius 1 is 0.517 bits per heavy atom. The van der Waals surface area contributed by atoms with Crippen molar-refractivity contribution in [3.05, 3.63) is 109 Å². The van der Waals surface area contributed by atoms with Gasteiger partial charge < -0.3 is 0 Å². The lowest BCUT2D eigenvalue weighted by molar-refractivity contribution is -0.113. The Morgan fingerprint density at radius 3 is 1.62 bits per heavy atom. The summed E-state index contributed by atoms with van der Waals surface area (Å²) in [7, 11) is 0. The van der Waals surface area contributed by atoms with Crippen LogP contribution in [0.3, 0.4) is 0 Å². The van der Waals surface area contributed by atoms with Crippen molar-refractivity contribution in [3.8, 4) is 22.3 Å². The van der Waals surface area contributed by atoms with E-state index in [9.17, 15) is 9.59 Å². The summed E-state index contributed by atoms with van der Waals surface area (Å²) in [5, 5.41) is 0. The number of benzene rings is 4. The van der Waals surface area contributed by atoms with Crippen LogP contribution in [0.2, 0.25) is 0 Å². The lowest BCUT2D eigenvalue weighted by Gasteiger charge is -2.19. The molecule has 0 fully saturated rings. The van der Waals surface area contributed by atoms with Gasteiger partial charge in [-0.3, -0.25) is 14.5 Å². The molecule has 4 aromatic carbocycles. The molecule has 0 saturated heterocycles. The van der Waals surface area contributed by atoms with E-state index >= 15 is 0 Å². The fourth-order valence-corrected chi connectivity index (χ4v) is 3.78. The van der Waals surface area contributed by atoms with E-state index in [0.717, 1.165) is 22.3 Å². The molecule has 1 aliphatic heterocycles. The first-order valence-electron chi connectivity index (χ1n) is 9.46. The second kappa shape index (κ2) is 6.88. The summed E-state index contributed by atoms with van der Waals surface area (Å²) >= 11 is 0. The normalized spacial score (nSPS) is 12.9. The second-order valence-electron chi connectivity index (χ2n) is 6.99. The van der Waals surface area contributed by atoms with Crippen molar-refractivity contribution in [2.24, 2.45) is 0 Å². The number of hydrogen-bond donors (Lipinski definition) is 0. The highest BCUT2D eigenvalue weighted by molar-refractivity contribution is 6.53. The van der Waals surface area contributed by atoms with Crippen molar-refractivity contribution in [1.29, 1.82) is 0 Å². The van der Waals surface area contributed by atoms with E-state index in [4.69, 9.17) is 0 Å². The quantitative estimate of drug-likeness (QED) is 0.419. The summed E-state index contributed by atoms with van der Waals surface area (Å²) < 4.78 is 0. The van der Waals surface area contributed by atoms with E-state index in [1.165, 1.54) is 4.90 Å². The van der Waals surface area contributed by atoms with Gasteiger partial charge in [0.1, 0.15) is 0 Å². The molecule has 0 bridgehead atoms. The fourth-order valence-electron chi connectivity index (χ4n) is 3.78. The Hall–Kier alpha value is -3.98. The molecule has 138 valence electrons. The van der Waals surface area contributed by atoms with E-state index in [0.29, 0.717) is 16.9 Å². The molecule has 0 aliphatic carbocycles. The van der Waals surface area contributed by atoms with E-state index in [1.807, 2.05) is 84.9 Å². The van der Waals surface area contributed by atoms with Gasteiger partial charge in [0.25, 0.3) is 5.78 Å². The summed E-state index contributed by atoms with van der Waals surface area (Å²) in [5.74, 6) is -0.984. The van der Waals surface area contributed by atoms with Crippen LogP contribution < -0.4 is 4.90 Å². The largest absolute Gasteiger partial charge is 0.304 e. The SMILES string of the molecule is O=C1C(=O)N(c2cc(-c3ccccc3)cc(-c3ccccc3)c2)c2ccccc21. The topological polar surface area (TPSA) is 37.4 Å². The minimum atomic E-state index is -0.518. The van der Waals surface area contributed by atoms with Crippen LogP contribution in [0, 0.1) is 0 Å². The summed E-state index contributed by atoms with van der Waals surface area (Å²) in [6.07, 6.45) is 0. The Bertz CT molecular complexity index is 1170. The molecule has 4 aromatic rings. The second-order valence-corrected chi connectivity index (χ2v) is 6.99. The van der Waals surface area contributed by atoms with Gasteiger partial charge in [-0.1, -0.05) is 72.8 Å². The first kappa shape index (κ1) is 17.1. The smallest absolute Gasteiger partial charge is 0.283 e. The average Bonchev–Trinajstić information content (AvgIpc) is 3.05. The van der Waals surface area contributed by atoms with Crippen molar-refractivity contribution in [2.75, 3.05) is 4.90 Å². The van der Waals surface area contributed by atoms with Gasteiger partial charge in [0, 0.05) is 0 Å². The third kappa shape index (κ3) is 2.93. The van der Waals surface area contributed by atoms with Crippen LogP contribution in [0.4, 0.5) is 11.4 Å². The van der Waals surface area contributed by atoms with Crippen LogP contribution >= 0.6 is 0 Å². The molecular weight excluding hydrogens is 358 g/mol. The minimum Gasteiger partial charge on any atom is -0.283 e. The number of Topliss-reactive ketones (excluding diaryl/α,β-unsaturated/α-hetero) is 1. The van der Waals surface area contributed by atoms with Gasteiger partial charge in [-0.05, 0) is 52.6 Å². The number of fused-ring (bicyclic) bond motifs is 1. The van der Waals surface area contributed by atoms with E-state index in [2.05, 4.69) is 6.07 Å². The van der Waals surface area contributed by atoms with Gasteiger partial charge in [0.05, 0.1) is 16.9 Å². The number of anilines is 2. The van der Waals surface area contributed by atoms with Crippen molar-refractivity contribution in [3.63, 3.8) is 0 Å². The number of nitrogens with zero attached hydrogens (tertiary/aromatic N) is 1. The molecule has 1 heterocycles. The monoisotopic (exact) mass is 375 g/mol. The number of carbonyl (C=O) groups is 2. The molecule has 0 radical (unpaired) electrons. The predicted octanol–water partition coefficient (Wildman–Crippen LogP) is 5.88. The molecule has 0 atom stereocenters. The molecule has 1 amide bonds. The van der Waals surface area contributed by atoms with E-state index in [-0.39, 0.29) is 0 Å². The van der Waals surface area contributed by atoms with Gasteiger partial charge in [-0.2, -0.15) is 0 Å². The first-order chi connectivity index (χ1) is 14.2. The van der Waals surface area contributed by atoms with Crippen molar-refractivity contribution >= 4 is 23.1 Å². The van der Waals surface area contributed by atoms with Crippen molar-refractivity contribution < 1.29 is 9.59 Å². The van der Waals surface area contributed by atoms with Gasteiger partial charge in [0.15, 0.2) is 0 Å². The summed E-state index contributed by atoms with van der Waals surface area (Å²) in [6.45, 7) is 0. The Labute approximate surface area is 168 Å². The van der Waals surface area contributed by atoms with Crippen LogP contribution in [0.25, 0.3) is 22.3 Å². The maximum absolute atomic E-state index is 12.8. The zero-order chi connectivity index (χ0) is 19.8. The zero-order valence-electron chi connectivity index (χ0n) is 15.6. The van der Waals surface area contributed by atoms with E-state index in [1.54, 1.807) is 12.1 Å². The zero-order valence-corrected chi connectivity index (χ0v) is 15.6. The fraction of sp³-hybridized carbons (Fsp3) is 0. The highest BCUT2D eigenvalue weighted by Gasteiger charge is 2.36. The Morgan fingerprint density at radius 2 is 1.03 bits per heavy atom. The number of rotatable bonds is 3. The molecule has 0 N–H and O–H groups in total. The third-order valence-electron chi connectivity index (χ3n) is 5.18. The number of hydrogen-bond acceptors (Lipinski definition) is 2. The van der Waals surface area contributed by atoms with E-state index < -0.39 is 11.7 Å². The number of ketones is 1. The Balaban J connectivity index is 1.73. The van der Waals surface area contributed by atoms with Crippen molar-refractivity contribution in [1.82, 2.24) is 0 Å². The first-order valence-corrected chi connectivity index (χ1v) is 9.46. The van der Waals surface area contributed by atoms with Crippen molar-refractivity contribution in [2.45, 2.75) is 0 Å². The molecule has 29 heavy (non-hydrogen) atoms. The molecule has 5 rings (SSSR count). The lowest BCUT2D eigenvalue weighted by Crippen LogP contribution is -2.24. The minimum absolute atomic E-state index is 0.448. The van der Waals surface area contributed by atoms with Crippen LogP contribution in [0.15, 0.2) is 103 Å². The standard InChI is InChI=1S/C26H17NO2/c28-25-23-13-7-8-14-24(23)27(26(25)29)22-16-20(18-9-3-1-4-10-18)15-21(17-22)19-11-5-2-6-12-19/h1-17H. The number of amides is 1. The molecule has 0 unspecified atom stereocenters. The molecule has 0 saturated carbocycles. The van der Waals surface area contributed by atoms with Crippen LogP contribution in [-0.2, 0) is 4.79 Å². The average molecular weight is 375 g/mol. The van der Waals surface area contributed by atoms with Crippen LogP contribution in [-0.4, -0.2) is 11.7 Å². The van der Waals surface area contributed by atoms with Gasteiger partial charge in [-0.15, -0.1) is 0 Å². The number of carbonyl (C=O) groups excluding carboxylic acids is 2.